The number of amides is 1. The van der Waals surface area contributed by atoms with Crippen LogP contribution in [0.3, 0.4) is 0 Å². The molecule has 0 radical (unpaired) electrons. The lowest BCUT2D eigenvalue weighted by molar-refractivity contribution is -0.162. The van der Waals surface area contributed by atoms with E-state index in [-0.39, 0.29) is 17.9 Å². The van der Waals surface area contributed by atoms with Crippen LogP contribution in [-0.4, -0.2) is 52.0 Å². The van der Waals surface area contributed by atoms with E-state index in [4.69, 9.17) is 9.84 Å². The number of aryl methyl sites for hydroxylation is 1. The van der Waals surface area contributed by atoms with Crippen molar-refractivity contribution < 1.29 is 28.2 Å². The van der Waals surface area contributed by atoms with E-state index in [1.54, 1.807) is 18.3 Å². The van der Waals surface area contributed by atoms with Crippen molar-refractivity contribution in [3.63, 3.8) is 0 Å². The summed E-state index contributed by atoms with van der Waals surface area (Å²) in [4.78, 5) is 40.1. The maximum atomic E-state index is 14.0. The Morgan fingerprint density at radius 2 is 1.91 bits per heavy atom. The normalized spacial score (nSPS) is 18.5. The number of rotatable bonds is 5. The van der Waals surface area contributed by atoms with Crippen LogP contribution < -0.4 is 10.3 Å². The smallest absolute Gasteiger partial charge is 0.308 e. The fourth-order valence-corrected chi connectivity index (χ4v) is 4.35. The molecule has 1 amide bonds. The van der Waals surface area contributed by atoms with Gasteiger partial charge in [-0.2, -0.15) is 0 Å². The topological polar surface area (TPSA) is 99.7 Å². The summed E-state index contributed by atoms with van der Waals surface area (Å²) < 4.78 is 33.7. The van der Waals surface area contributed by atoms with E-state index in [2.05, 4.69) is 4.98 Å². The molecule has 9 heteroatoms. The molecule has 1 saturated heterocycles. The number of likely N-dealkylation sites (tertiary alicyclic amines) is 1. The highest BCUT2D eigenvalue weighted by Crippen LogP contribution is 2.32. The molecule has 2 atom stereocenters. The second-order valence-electron chi connectivity index (χ2n) is 8.63. The Hall–Kier alpha value is -3.75. The average Bonchev–Trinajstić information content (AvgIpc) is 2.78. The first-order chi connectivity index (χ1) is 16.1. The van der Waals surface area contributed by atoms with Crippen molar-refractivity contribution in [3.05, 3.63) is 64.6 Å². The van der Waals surface area contributed by atoms with Gasteiger partial charge in [0, 0.05) is 24.7 Å². The van der Waals surface area contributed by atoms with Crippen LogP contribution in [0.25, 0.3) is 21.9 Å². The molecule has 178 valence electrons. The molecule has 0 bridgehead atoms. The van der Waals surface area contributed by atoms with Gasteiger partial charge in [-0.25, -0.2) is 8.78 Å². The zero-order valence-electron chi connectivity index (χ0n) is 18.7. The zero-order valence-corrected chi connectivity index (χ0v) is 18.7. The van der Waals surface area contributed by atoms with Gasteiger partial charge in [-0.15, -0.1) is 0 Å². The summed E-state index contributed by atoms with van der Waals surface area (Å²) in [6.07, 6.45) is -0.313. The van der Waals surface area contributed by atoms with Crippen molar-refractivity contribution in [2.75, 3.05) is 13.1 Å². The van der Waals surface area contributed by atoms with Crippen molar-refractivity contribution in [1.29, 1.82) is 0 Å². The molecule has 0 spiro atoms. The second-order valence-corrected chi connectivity index (χ2v) is 8.63. The summed E-state index contributed by atoms with van der Waals surface area (Å²) in [5.41, 5.74) is 2.49. The fraction of sp³-hybridized carbons (Fsp3) is 0.320. The first-order valence-electron chi connectivity index (χ1n) is 10.8. The van der Waals surface area contributed by atoms with Gasteiger partial charge < -0.3 is 19.7 Å². The van der Waals surface area contributed by atoms with Crippen LogP contribution in [0.15, 0.2) is 53.5 Å². The number of piperidine rings is 1. The van der Waals surface area contributed by atoms with Crippen LogP contribution in [0.2, 0.25) is 0 Å². The number of carboxylic acids is 1. The SMILES string of the molecule is Cc1ccccc1-c1c[nH]c(=O)c2cc(O[C@H](C)C(=O)N3C[C@@H](C(=O)O)CC(F)(F)C3)ccc12. The number of benzene rings is 2. The summed E-state index contributed by atoms with van der Waals surface area (Å²) in [6, 6.07) is 12.6. The number of pyridine rings is 1. The van der Waals surface area contributed by atoms with Crippen molar-refractivity contribution in [1.82, 2.24) is 9.88 Å². The Labute approximate surface area is 194 Å². The number of nitrogens with zero attached hydrogens (tertiary/aromatic N) is 1. The molecule has 7 nitrogen and oxygen atoms in total. The van der Waals surface area contributed by atoms with Gasteiger partial charge in [0.05, 0.1) is 17.8 Å². The van der Waals surface area contributed by atoms with Crippen LogP contribution >= 0.6 is 0 Å². The summed E-state index contributed by atoms with van der Waals surface area (Å²) in [7, 11) is 0. The predicted octanol–water partition coefficient (Wildman–Crippen LogP) is 3.84. The summed E-state index contributed by atoms with van der Waals surface area (Å²) in [6.45, 7) is 2.20. The van der Waals surface area contributed by atoms with Crippen molar-refractivity contribution in [2.24, 2.45) is 5.92 Å². The number of nitrogens with one attached hydrogen (secondary N) is 1. The van der Waals surface area contributed by atoms with Crippen molar-refractivity contribution in [3.8, 4) is 16.9 Å². The molecule has 1 aliphatic heterocycles. The Kier molecular flexibility index (Phi) is 6.12. The molecule has 1 aliphatic rings. The lowest BCUT2D eigenvalue weighted by Gasteiger charge is -2.37. The number of halogens is 2. The van der Waals surface area contributed by atoms with Crippen molar-refractivity contribution >= 4 is 22.6 Å². The summed E-state index contributed by atoms with van der Waals surface area (Å²) in [5.74, 6) is -6.53. The number of ether oxygens (including phenoxy) is 1. The molecule has 2 N–H and O–H groups in total. The first kappa shape index (κ1) is 23.4. The van der Waals surface area contributed by atoms with E-state index >= 15 is 0 Å². The van der Waals surface area contributed by atoms with Gasteiger partial charge >= 0.3 is 5.97 Å². The quantitative estimate of drug-likeness (QED) is 0.590. The zero-order chi connectivity index (χ0) is 24.6. The number of aromatic nitrogens is 1. The van der Waals surface area contributed by atoms with Crippen LogP contribution in [0.5, 0.6) is 5.75 Å². The number of fused-ring (bicyclic) bond motifs is 1. The number of H-pyrrole nitrogens is 1. The molecule has 1 aromatic heterocycles. The highest BCUT2D eigenvalue weighted by atomic mass is 19.3. The van der Waals surface area contributed by atoms with Crippen LogP contribution in [-0.2, 0) is 9.59 Å². The molecule has 1 fully saturated rings. The van der Waals surface area contributed by atoms with E-state index in [0.29, 0.717) is 10.8 Å². The van der Waals surface area contributed by atoms with Gasteiger partial charge in [-0.1, -0.05) is 24.3 Å². The van der Waals surface area contributed by atoms with Gasteiger partial charge in [0.1, 0.15) is 5.75 Å². The highest BCUT2D eigenvalue weighted by molar-refractivity contribution is 5.97. The minimum absolute atomic E-state index is 0.222. The van der Waals surface area contributed by atoms with Crippen LogP contribution in [0, 0.1) is 12.8 Å². The first-order valence-corrected chi connectivity index (χ1v) is 10.8. The lowest BCUT2D eigenvalue weighted by atomic mass is 9.95. The summed E-state index contributed by atoms with van der Waals surface area (Å²) >= 11 is 0. The van der Waals surface area contributed by atoms with Gasteiger partial charge in [0.2, 0.25) is 0 Å². The number of carboxylic acid groups (broad SMARTS) is 1. The van der Waals surface area contributed by atoms with Crippen LogP contribution in [0.4, 0.5) is 8.78 Å². The fourth-order valence-electron chi connectivity index (χ4n) is 4.35. The van der Waals surface area contributed by atoms with E-state index in [9.17, 15) is 23.2 Å². The molecule has 34 heavy (non-hydrogen) atoms. The lowest BCUT2D eigenvalue weighted by Crippen LogP contribution is -2.54. The molecule has 0 aliphatic carbocycles. The Morgan fingerprint density at radius 3 is 2.62 bits per heavy atom. The van der Waals surface area contributed by atoms with E-state index in [1.807, 2.05) is 31.2 Å². The molecular formula is C25H24F2N2O5. The Morgan fingerprint density at radius 1 is 1.18 bits per heavy atom. The number of alkyl halides is 2. The van der Waals surface area contributed by atoms with Gasteiger partial charge in [0.25, 0.3) is 17.4 Å². The number of carbonyl (C=O) groups excluding carboxylic acids is 1. The maximum absolute atomic E-state index is 14.0. The molecule has 4 rings (SSSR count). The third-order valence-corrected chi connectivity index (χ3v) is 6.04. The standard InChI is InChI=1S/C25H24F2N2O5/c1-14-5-3-4-6-18(14)21-11-28-22(30)20-9-17(7-8-19(20)21)34-15(2)23(31)29-12-16(24(32)33)10-25(26,27)13-29/h3-9,11,15-16H,10,12-13H2,1-2H3,(H,28,30)(H,32,33)/t15-,16+/m1/s1. The largest absolute Gasteiger partial charge is 0.481 e. The Balaban J connectivity index is 1.59. The number of aromatic amines is 1. The van der Waals surface area contributed by atoms with E-state index in [1.165, 1.54) is 13.0 Å². The van der Waals surface area contributed by atoms with Gasteiger partial charge in [-0.05, 0) is 48.6 Å². The van der Waals surface area contributed by atoms with Gasteiger partial charge in [0.15, 0.2) is 6.10 Å². The van der Waals surface area contributed by atoms with E-state index in [0.717, 1.165) is 21.6 Å². The minimum atomic E-state index is -3.29. The highest BCUT2D eigenvalue weighted by Gasteiger charge is 2.45. The number of aliphatic carboxylic acids is 1. The molecule has 2 aromatic carbocycles. The number of hydrogen-bond donors (Lipinski definition) is 2. The number of hydrogen-bond acceptors (Lipinski definition) is 4. The molecule has 0 saturated carbocycles. The van der Waals surface area contributed by atoms with E-state index < -0.39 is 42.8 Å². The van der Waals surface area contributed by atoms with Gasteiger partial charge in [-0.3, -0.25) is 14.4 Å². The van der Waals surface area contributed by atoms with Crippen LogP contribution in [0.1, 0.15) is 18.9 Å². The number of carbonyl (C=O) groups is 2. The minimum Gasteiger partial charge on any atom is -0.481 e. The van der Waals surface area contributed by atoms with Crippen molar-refractivity contribution in [2.45, 2.75) is 32.3 Å². The Bertz CT molecular complexity index is 1320. The second kappa shape index (κ2) is 8.89. The molecule has 2 heterocycles. The third-order valence-electron chi connectivity index (χ3n) is 6.04. The predicted molar refractivity (Wildman–Crippen MR) is 122 cm³/mol. The monoisotopic (exact) mass is 470 g/mol. The molecular weight excluding hydrogens is 446 g/mol. The molecule has 0 unspecified atom stereocenters. The molecule has 3 aromatic rings. The average molecular weight is 470 g/mol. The summed E-state index contributed by atoms with van der Waals surface area (Å²) in [5, 5.41) is 10.2. The maximum Gasteiger partial charge on any atom is 0.308 e. The third kappa shape index (κ3) is 4.64.